The van der Waals surface area contributed by atoms with Crippen LogP contribution >= 0.6 is 0 Å². The van der Waals surface area contributed by atoms with Gasteiger partial charge >= 0.3 is 6.03 Å². The molecule has 2 saturated heterocycles. The molecule has 0 saturated carbocycles. The van der Waals surface area contributed by atoms with Crippen molar-refractivity contribution in [2.45, 2.75) is 38.3 Å². The fraction of sp³-hybridized carbons (Fsp3) is 0.529. The Hall–Kier alpha value is -2.08. The summed E-state index contributed by atoms with van der Waals surface area (Å²) in [6.45, 7) is 2.78. The maximum absolute atomic E-state index is 12.1. The SMILES string of the molecule is O=C(Nc1cccc(CNC(=O)N2CCCC2)c1)C1CCCO1. The molecule has 2 aliphatic heterocycles. The second kappa shape index (κ2) is 7.46. The predicted octanol–water partition coefficient (Wildman–Crippen LogP) is 2.11. The first-order valence-corrected chi connectivity index (χ1v) is 8.26. The van der Waals surface area contributed by atoms with Crippen LogP contribution in [0, 0.1) is 0 Å². The van der Waals surface area contributed by atoms with E-state index in [9.17, 15) is 9.59 Å². The number of amides is 3. The average molecular weight is 317 g/mol. The minimum Gasteiger partial charge on any atom is -0.368 e. The van der Waals surface area contributed by atoms with Crippen molar-refractivity contribution >= 4 is 17.6 Å². The van der Waals surface area contributed by atoms with Crippen LogP contribution in [0.1, 0.15) is 31.2 Å². The fourth-order valence-corrected chi connectivity index (χ4v) is 2.98. The molecule has 3 amide bonds. The van der Waals surface area contributed by atoms with Crippen molar-refractivity contribution in [1.82, 2.24) is 10.2 Å². The lowest BCUT2D eigenvalue weighted by molar-refractivity contribution is -0.124. The Morgan fingerprint density at radius 3 is 2.78 bits per heavy atom. The van der Waals surface area contributed by atoms with Crippen molar-refractivity contribution in [1.29, 1.82) is 0 Å². The first-order valence-electron chi connectivity index (χ1n) is 8.26. The molecule has 2 heterocycles. The second-order valence-electron chi connectivity index (χ2n) is 6.04. The van der Waals surface area contributed by atoms with Crippen molar-refractivity contribution in [2.24, 2.45) is 0 Å². The first kappa shape index (κ1) is 15.8. The van der Waals surface area contributed by atoms with Gasteiger partial charge in [0.1, 0.15) is 6.10 Å². The molecule has 1 aromatic carbocycles. The average Bonchev–Trinajstić information content (AvgIpc) is 3.25. The van der Waals surface area contributed by atoms with E-state index in [4.69, 9.17) is 4.74 Å². The van der Waals surface area contributed by atoms with Crippen molar-refractivity contribution in [3.05, 3.63) is 29.8 Å². The van der Waals surface area contributed by atoms with Crippen molar-refractivity contribution in [3.63, 3.8) is 0 Å². The summed E-state index contributed by atoms with van der Waals surface area (Å²) in [6, 6.07) is 7.53. The highest BCUT2D eigenvalue weighted by Crippen LogP contribution is 2.16. The summed E-state index contributed by atoms with van der Waals surface area (Å²) in [5, 5.41) is 5.81. The van der Waals surface area contributed by atoms with Crippen LogP contribution in [0.4, 0.5) is 10.5 Å². The Morgan fingerprint density at radius 1 is 1.22 bits per heavy atom. The Kier molecular flexibility index (Phi) is 5.12. The van der Waals surface area contributed by atoms with Crippen molar-refractivity contribution in [3.8, 4) is 0 Å². The van der Waals surface area contributed by atoms with Gasteiger partial charge in [0.25, 0.3) is 5.91 Å². The molecule has 1 unspecified atom stereocenters. The summed E-state index contributed by atoms with van der Waals surface area (Å²) >= 11 is 0. The lowest BCUT2D eigenvalue weighted by Crippen LogP contribution is -2.37. The number of carbonyl (C=O) groups excluding carboxylic acids is 2. The summed E-state index contributed by atoms with van der Waals surface area (Å²) in [6.07, 6.45) is 3.53. The van der Waals surface area contributed by atoms with Gasteiger partial charge in [-0.3, -0.25) is 4.79 Å². The second-order valence-corrected chi connectivity index (χ2v) is 6.04. The van der Waals surface area contributed by atoms with Gasteiger partial charge in [-0.05, 0) is 43.4 Å². The minimum atomic E-state index is -0.339. The zero-order chi connectivity index (χ0) is 16.1. The molecule has 2 N–H and O–H groups in total. The third kappa shape index (κ3) is 4.22. The van der Waals surface area contributed by atoms with Crippen molar-refractivity contribution in [2.75, 3.05) is 25.0 Å². The van der Waals surface area contributed by atoms with Gasteiger partial charge in [0, 0.05) is 31.9 Å². The lowest BCUT2D eigenvalue weighted by atomic mass is 10.2. The van der Waals surface area contributed by atoms with E-state index in [1.807, 2.05) is 29.2 Å². The number of hydrogen-bond acceptors (Lipinski definition) is 3. The number of benzene rings is 1. The highest BCUT2D eigenvalue weighted by molar-refractivity contribution is 5.94. The number of ether oxygens (including phenoxy) is 1. The van der Waals surface area contributed by atoms with Gasteiger partial charge in [-0.15, -0.1) is 0 Å². The number of rotatable bonds is 4. The Bertz CT molecular complexity index is 564. The van der Waals surface area contributed by atoms with Crippen LogP contribution in [-0.2, 0) is 16.1 Å². The molecule has 0 aromatic heterocycles. The molecule has 6 heteroatoms. The lowest BCUT2D eigenvalue weighted by Gasteiger charge is -2.16. The third-order valence-electron chi connectivity index (χ3n) is 4.25. The van der Waals surface area contributed by atoms with E-state index in [0.29, 0.717) is 13.2 Å². The number of urea groups is 1. The van der Waals surface area contributed by atoms with E-state index < -0.39 is 0 Å². The van der Waals surface area contributed by atoms with E-state index in [1.165, 1.54) is 0 Å². The molecule has 0 aliphatic carbocycles. The molecular weight excluding hydrogens is 294 g/mol. The number of likely N-dealkylation sites (tertiary alicyclic amines) is 1. The molecule has 23 heavy (non-hydrogen) atoms. The molecule has 1 aromatic rings. The normalized spacial score (nSPS) is 20.5. The van der Waals surface area contributed by atoms with Crippen LogP contribution in [0.2, 0.25) is 0 Å². The highest BCUT2D eigenvalue weighted by atomic mass is 16.5. The Morgan fingerprint density at radius 2 is 2.04 bits per heavy atom. The summed E-state index contributed by atoms with van der Waals surface area (Å²) < 4.78 is 5.38. The van der Waals surface area contributed by atoms with Gasteiger partial charge in [0.2, 0.25) is 0 Å². The van der Waals surface area contributed by atoms with Gasteiger partial charge in [-0.2, -0.15) is 0 Å². The zero-order valence-corrected chi connectivity index (χ0v) is 13.2. The molecule has 0 spiro atoms. The number of carbonyl (C=O) groups is 2. The Labute approximate surface area is 136 Å². The third-order valence-corrected chi connectivity index (χ3v) is 4.25. The zero-order valence-electron chi connectivity index (χ0n) is 13.2. The summed E-state index contributed by atoms with van der Waals surface area (Å²) in [5.41, 5.74) is 1.70. The molecule has 0 bridgehead atoms. The summed E-state index contributed by atoms with van der Waals surface area (Å²) in [5.74, 6) is -0.0965. The summed E-state index contributed by atoms with van der Waals surface area (Å²) in [7, 11) is 0. The number of anilines is 1. The molecule has 124 valence electrons. The number of hydrogen-bond donors (Lipinski definition) is 2. The maximum Gasteiger partial charge on any atom is 0.317 e. The molecule has 3 rings (SSSR count). The van der Waals surface area contributed by atoms with E-state index >= 15 is 0 Å². The van der Waals surface area contributed by atoms with Crippen LogP contribution < -0.4 is 10.6 Å². The van der Waals surface area contributed by atoms with Crippen LogP contribution in [0.5, 0.6) is 0 Å². The van der Waals surface area contributed by atoms with E-state index in [-0.39, 0.29) is 18.0 Å². The minimum absolute atomic E-state index is 0.0173. The van der Waals surface area contributed by atoms with Crippen molar-refractivity contribution < 1.29 is 14.3 Å². The molecule has 6 nitrogen and oxygen atoms in total. The maximum atomic E-state index is 12.1. The van der Waals surface area contributed by atoms with Crippen LogP contribution in [-0.4, -0.2) is 42.6 Å². The highest BCUT2D eigenvalue weighted by Gasteiger charge is 2.23. The standard InChI is InChI=1S/C17H23N3O3/c21-16(15-7-4-10-23-15)19-14-6-3-5-13(11-14)12-18-17(22)20-8-1-2-9-20/h3,5-6,11,15H,1-2,4,7-10,12H2,(H,18,22)(H,19,21). The predicted molar refractivity (Wildman–Crippen MR) is 87.1 cm³/mol. The quantitative estimate of drug-likeness (QED) is 0.893. The van der Waals surface area contributed by atoms with Gasteiger partial charge < -0.3 is 20.3 Å². The van der Waals surface area contributed by atoms with Crippen LogP contribution in [0.25, 0.3) is 0 Å². The van der Waals surface area contributed by atoms with Crippen LogP contribution in [0.15, 0.2) is 24.3 Å². The Balaban J connectivity index is 1.52. The van der Waals surface area contributed by atoms with Gasteiger partial charge in [0.15, 0.2) is 0 Å². The molecule has 1 atom stereocenters. The monoisotopic (exact) mass is 317 g/mol. The largest absolute Gasteiger partial charge is 0.368 e. The van der Waals surface area contributed by atoms with E-state index in [1.54, 1.807) is 0 Å². The van der Waals surface area contributed by atoms with Gasteiger partial charge in [-0.25, -0.2) is 4.79 Å². The van der Waals surface area contributed by atoms with E-state index in [0.717, 1.165) is 50.0 Å². The van der Waals surface area contributed by atoms with Crippen LogP contribution in [0.3, 0.4) is 0 Å². The fourth-order valence-electron chi connectivity index (χ4n) is 2.98. The molecular formula is C17H23N3O3. The molecule has 2 aliphatic rings. The smallest absolute Gasteiger partial charge is 0.317 e. The molecule has 2 fully saturated rings. The topological polar surface area (TPSA) is 70.7 Å². The number of nitrogens with zero attached hydrogens (tertiary/aromatic N) is 1. The summed E-state index contributed by atoms with van der Waals surface area (Å²) in [4.78, 5) is 25.9. The van der Waals surface area contributed by atoms with E-state index in [2.05, 4.69) is 10.6 Å². The van der Waals surface area contributed by atoms with Gasteiger partial charge in [0.05, 0.1) is 0 Å². The first-order chi connectivity index (χ1) is 11.2. The molecule has 0 radical (unpaired) electrons. The number of nitrogens with one attached hydrogen (secondary N) is 2. The van der Waals surface area contributed by atoms with Gasteiger partial charge in [-0.1, -0.05) is 12.1 Å².